The molecule has 1 fully saturated rings. The fraction of sp³-hybridized carbons (Fsp3) is 0.500. The first-order valence-corrected chi connectivity index (χ1v) is 12.1. The number of rotatable bonds is 5. The van der Waals surface area contributed by atoms with Gasteiger partial charge in [0.1, 0.15) is 22.2 Å². The van der Waals surface area contributed by atoms with Crippen LogP contribution in [0.15, 0.2) is 22.9 Å². The van der Waals surface area contributed by atoms with Crippen LogP contribution < -0.4 is 4.74 Å². The zero-order valence-electron chi connectivity index (χ0n) is 16.0. The van der Waals surface area contributed by atoms with Gasteiger partial charge in [0, 0.05) is 48.7 Å². The van der Waals surface area contributed by atoms with E-state index in [1.54, 1.807) is 18.5 Å². The molecule has 0 bridgehead atoms. The minimum absolute atomic E-state index is 0.209. The second kappa shape index (κ2) is 7.68. The summed E-state index contributed by atoms with van der Waals surface area (Å²) in [5.74, 6) is 0.366. The van der Waals surface area contributed by atoms with Gasteiger partial charge < -0.3 is 4.74 Å². The van der Waals surface area contributed by atoms with Gasteiger partial charge in [-0.2, -0.15) is 4.40 Å². The molecular formula is C18H22ClN3O4S2. The highest BCUT2D eigenvalue weighted by atomic mass is 35.5. The lowest BCUT2D eigenvalue weighted by Crippen LogP contribution is -2.42. The molecule has 0 aliphatic heterocycles. The van der Waals surface area contributed by atoms with Gasteiger partial charge in [0.15, 0.2) is 9.84 Å². The molecule has 1 saturated carbocycles. The van der Waals surface area contributed by atoms with Crippen LogP contribution in [0.5, 0.6) is 5.88 Å². The molecule has 0 radical (unpaired) electrons. The molecule has 1 unspecified atom stereocenters. The summed E-state index contributed by atoms with van der Waals surface area (Å²) in [6.07, 6.45) is 6.56. The van der Waals surface area contributed by atoms with Crippen molar-refractivity contribution in [1.82, 2.24) is 9.97 Å². The van der Waals surface area contributed by atoms with E-state index < -0.39 is 25.6 Å². The molecule has 0 N–H and O–H groups in total. The molecule has 0 saturated heterocycles. The highest BCUT2D eigenvalue weighted by molar-refractivity contribution is 7.91. The third kappa shape index (κ3) is 4.69. The minimum Gasteiger partial charge on any atom is -0.474 e. The fourth-order valence-corrected chi connectivity index (χ4v) is 4.50. The van der Waals surface area contributed by atoms with Crippen molar-refractivity contribution in [3.8, 4) is 5.88 Å². The zero-order valence-corrected chi connectivity index (χ0v) is 18.4. The molecule has 1 atom stereocenters. The van der Waals surface area contributed by atoms with Gasteiger partial charge in [-0.15, -0.1) is 0 Å². The number of pyridine rings is 2. The van der Waals surface area contributed by atoms with Crippen LogP contribution in [0.1, 0.15) is 39.2 Å². The third-order valence-electron chi connectivity index (χ3n) is 4.48. The van der Waals surface area contributed by atoms with Gasteiger partial charge in [-0.1, -0.05) is 11.6 Å². The normalized spacial score (nSPS) is 21.6. The van der Waals surface area contributed by atoms with E-state index in [1.807, 2.05) is 20.8 Å². The first-order chi connectivity index (χ1) is 12.9. The van der Waals surface area contributed by atoms with E-state index in [2.05, 4.69) is 14.4 Å². The Labute approximate surface area is 172 Å². The number of sulfone groups is 1. The number of ether oxygens (including phenoxy) is 1. The average molecular weight is 444 g/mol. The Morgan fingerprint density at radius 3 is 2.54 bits per heavy atom. The number of hydrogen-bond donors (Lipinski definition) is 0. The molecule has 0 amide bonds. The molecule has 2 heterocycles. The molecule has 1 aliphatic carbocycles. The number of fused-ring (bicyclic) bond motifs is 1. The molecule has 152 valence electrons. The monoisotopic (exact) mass is 443 g/mol. The van der Waals surface area contributed by atoms with E-state index in [1.165, 1.54) is 12.5 Å². The Kier molecular flexibility index (Phi) is 5.80. The quantitative estimate of drug-likeness (QED) is 0.520. The zero-order chi connectivity index (χ0) is 20.7. The standard InChI is InChI=1S/C18H22ClN3O4S2/c1-18(2,3)27(23)22-9-11-8-21-17(15-10-20-16(19)7-14(11)15)26-12-5-13(6-12)28(4,24)25/h7-10,12-13H,5-6H2,1-4H3/b22-9+. The number of nitrogens with zero attached hydrogens (tertiary/aromatic N) is 3. The second-order valence-electron chi connectivity index (χ2n) is 7.83. The van der Waals surface area contributed by atoms with Crippen LogP contribution >= 0.6 is 11.6 Å². The van der Waals surface area contributed by atoms with Crippen molar-refractivity contribution in [2.75, 3.05) is 6.26 Å². The number of aromatic nitrogens is 2. The summed E-state index contributed by atoms with van der Waals surface area (Å²) in [5, 5.41) is 1.29. The summed E-state index contributed by atoms with van der Waals surface area (Å²) in [7, 11) is -4.45. The van der Waals surface area contributed by atoms with Crippen LogP contribution in [-0.4, -0.2) is 51.2 Å². The van der Waals surface area contributed by atoms with Crippen LogP contribution in [0.4, 0.5) is 0 Å². The third-order valence-corrected chi connectivity index (χ3v) is 7.63. The largest absolute Gasteiger partial charge is 0.474 e. The van der Waals surface area contributed by atoms with Crippen molar-refractivity contribution in [2.45, 2.75) is 49.7 Å². The highest BCUT2D eigenvalue weighted by Crippen LogP contribution is 2.33. The summed E-state index contributed by atoms with van der Waals surface area (Å²) < 4.78 is 44.9. The SMILES string of the molecule is CC(C)(C)S(=O)/N=C/c1cnc(OC2CC(S(C)(=O)=O)C2)c2cnc(Cl)cc12. The second-order valence-corrected chi connectivity index (χ2v) is 12.5. The van der Waals surface area contributed by atoms with Gasteiger partial charge in [0.2, 0.25) is 5.88 Å². The molecule has 2 aromatic heterocycles. The number of halogens is 1. The average Bonchev–Trinajstić information content (AvgIpc) is 2.53. The molecule has 28 heavy (non-hydrogen) atoms. The van der Waals surface area contributed by atoms with Crippen molar-refractivity contribution in [3.63, 3.8) is 0 Å². The maximum Gasteiger partial charge on any atom is 0.223 e. The Hall–Kier alpha value is -1.58. The molecule has 7 nitrogen and oxygen atoms in total. The smallest absolute Gasteiger partial charge is 0.223 e. The lowest BCUT2D eigenvalue weighted by atomic mass is 9.95. The first kappa shape index (κ1) is 21.1. The fourth-order valence-electron chi connectivity index (χ4n) is 2.69. The van der Waals surface area contributed by atoms with Crippen LogP contribution in [-0.2, 0) is 20.8 Å². The lowest BCUT2D eigenvalue weighted by molar-refractivity contribution is 0.119. The van der Waals surface area contributed by atoms with E-state index in [4.69, 9.17) is 16.3 Å². The van der Waals surface area contributed by atoms with Gasteiger partial charge in [0.05, 0.1) is 15.4 Å². The predicted molar refractivity (Wildman–Crippen MR) is 112 cm³/mol. The lowest BCUT2D eigenvalue weighted by Gasteiger charge is -2.33. The highest BCUT2D eigenvalue weighted by Gasteiger charge is 2.38. The predicted octanol–water partition coefficient (Wildman–Crippen LogP) is 3.12. The molecule has 2 aromatic rings. The van der Waals surface area contributed by atoms with Crippen LogP contribution in [0, 0.1) is 0 Å². The summed E-state index contributed by atoms with van der Waals surface area (Å²) >= 11 is 6.05. The van der Waals surface area contributed by atoms with Crippen molar-refractivity contribution < 1.29 is 17.4 Å². The van der Waals surface area contributed by atoms with Gasteiger partial charge in [0.25, 0.3) is 0 Å². The Morgan fingerprint density at radius 2 is 1.93 bits per heavy atom. The van der Waals surface area contributed by atoms with E-state index >= 15 is 0 Å². The van der Waals surface area contributed by atoms with Crippen LogP contribution in [0.3, 0.4) is 0 Å². The molecule has 0 aromatic carbocycles. The Bertz CT molecular complexity index is 1060. The minimum atomic E-state index is -3.05. The van der Waals surface area contributed by atoms with E-state index in [0.29, 0.717) is 34.8 Å². The molecule has 1 aliphatic rings. The van der Waals surface area contributed by atoms with Gasteiger partial charge in [-0.05, 0) is 26.8 Å². The van der Waals surface area contributed by atoms with Crippen molar-refractivity contribution in [1.29, 1.82) is 0 Å². The van der Waals surface area contributed by atoms with Crippen molar-refractivity contribution in [2.24, 2.45) is 4.40 Å². The van der Waals surface area contributed by atoms with Crippen LogP contribution in [0.2, 0.25) is 5.15 Å². The summed E-state index contributed by atoms with van der Waals surface area (Å²) in [5.41, 5.74) is 0.645. The molecular weight excluding hydrogens is 422 g/mol. The van der Waals surface area contributed by atoms with Crippen molar-refractivity contribution in [3.05, 3.63) is 29.2 Å². The molecule has 0 spiro atoms. The van der Waals surface area contributed by atoms with E-state index in [9.17, 15) is 12.6 Å². The number of hydrogen-bond acceptors (Lipinski definition) is 6. The van der Waals surface area contributed by atoms with E-state index in [0.717, 1.165) is 5.39 Å². The van der Waals surface area contributed by atoms with Crippen LogP contribution in [0.25, 0.3) is 10.8 Å². The van der Waals surface area contributed by atoms with Gasteiger partial charge in [-0.25, -0.2) is 22.6 Å². The molecule has 3 rings (SSSR count). The summed E-state index contributed by atoms with van der Waals surface area (Å²) in [6.45, 7) is 5.53. The Balaban J connectivity index is 1.89. The van der Waals surface area contributed by atoms with E-state index in [-0.39, 0.29) is 11.4 Å². The maximum absolute atomic E-state index is 12.2. The summed E-state index contributed by atoms with van der Waals surface area (Å²) in [4.78, 5) is 8.43. The maximum atomic E-state index is 12.2. The topological polar surface area (TPSA) is 98.6 Å². The Morgan fingerprint density at radius 1 is 1.25 bits per heavy atom. The molecule has 10 heteroatoms. The summed E-state index contributed by atoms with van der Waals surface area (Å²) in [6, 6.07) is 1.67. The first-order valence-electron chi connectivity index (χ1n) is 8.71. The van der Waals surface area contributed by atoms with Crippen molar-refractivity contribution >= 4 is 49.4 Å². The van der Waals surface area contributed by atoms with Gasteiger partial charge >= 0.3 is 0 Å². The van der Waals surface area contributed by atoms with Gasteiger partial charge in [-0.3, -0.25) is 0 Å².